The van der Waals surface area contributed by atoms with Crippen LogP contribution in [-0.2, 0) is 14.4 Å². The van der Waals surface area contributed by atoms with Crippen LogP contribution in [0, 0.1) is 5.92 Å². The van der Waals surface area contributed by atoms with Crippen LogP contribution in [0.2, 0.25) is 0 Å². The van der Waals surface area contributed by atoms with Crippen LogP contribution in [0.15, 0.2) is 30.3 Å². The Hall–Kier alpha value is -2.37. The Morgan fingerprint density at radius 3 is 2.30 bits per heavy atom. The number of nitrogens with one attached hydrogen (secondary N) is 2. The molecule has 1 atom stereocenters. The van der Waals surface area contributed by atoms with Gasteiger partial charge in [0, 0.05) is 18.2 Å². The molecule has 0 bridgehead atoms. The highest BCUT2D eigenvalue weighted by atomic mass is 16.2. The van der Waals surface area contributed by atoms with Crippen LogP contribution in [0.3, 0.4) is 0 Å². The Kier molecular flexibility index (Phi) is 10.8. The van der Waals surface area contributed by atoms with Gasteiger partial charge in [-0.3, -0.25) is 14.4 Å². The van der Waals surface area contributed by atoms with E-state index in [0.29, 0.717) is 12.2 Å². The van der Waals surface area contributed by atoms with Gasteiger partial charge in [0.2, 0.25) is 17.7 Å². The highest BCUT2D eigenvalue weighted by Crippen LogP contribution is 2.16. The molecular formula is C21H33N3O3. The Bertz CT molecular complexity index is 590. The zero-order chi connectivity index (χ0) is 20.1. The van der Waals surface area contributed by atoms with Crippen molar-refractivity contribution in [2.45, 2.75) is 52.9 Å². The summed E-state index contributed by atoms with van der Waals surface area (Å²) in [5.74, 6) is -0.606. The van der Waals surface area contributed by atoms with Crippen LogP contribution in [-0.4, -0.2) is 42.3 Å². The minimum Gasteiger partial charge on any atom is -0.345 e. The first-order valence-electron chi connectivity index (χ1n) is 9.92. The quantitative estimate of drug-likeness (QED) is 0.589. The molecule has 0 saturated carbocycles. The zero-order valence-corrected chi connectivity index (χ0v) is 16.8. The van der Waals surface area contributed by atoms with E-state index in [4.69, 9.17) is 0 Å². The van der Waals surface area contributed by atoms with Gasteiger partial charge in [-0.25, -0.2) is 0 Å². The third-order valence-corrected chi connectivity index (χ3v) is 4.39. The molecule has 2 N–H and O–H groups in total. The first kappa shape index (κ1) is 22.7. The SMILES string of the molecule is CCCC[C@H](CC)C(=O)N(CCC)CC(=O)NCC(=O)Nc1ccccc1. The number of hydrogen-bond acceptors (Lipinski definition) is 3. The van der Waals surface area contributed by atoms with Crippen LogP contribution in [0.4, 0.5) is 5.69 Å². The number of anilines is 1. The fraction of sp³-hybridized carbons (Fsp3) is 0.571. The molecule has 6 heteroatoms. The number of nitrogens with zero attached hydrogens (tertiary/aromatic N) is 1. The zero-order valence-electron chi connectivity index (χ0n) is 16.8. The number of carbonyl (C=O) groups excluding carboxylic acids is 3. The van der Waals surface area contributed by atoms with Gasteiger partial charge in [-0.2, -0.15) is 0 Å². The van der Waals surface area contributed by atoms with Crippen LogP contribution >= 0.6 is 0 Å². The molecule has 0 unspecified atom stereocenters. The van der Waals surface area contributed by atoms with E-state index in [2.05, 4.69) is 17.6 Å². The highest BCUT2D eigenvalue weighted by Gasteiger charge is 2.23. The van der Waals surface area contributed by atoms with Crippen molar-refractivity contribution in [3.8, 4) is 0 Å². The third-order valence-electron chi connectivity index (χ3n) is 4.39. The van der Waals surface area contributed by atoms with Gasteiger partial charge in [-0.1, -0.05) is 51.8 Å². The largest absolute Gasteiger partial charge is 0.345 e. The van der Waals surface area contributed by atoms with E-state index in [1.807, 2.05) is 32.0 Å². The molecule has 1 aromatic rings. The molecule has 0 aromatic heterocycles. The summed E-state index contributed by atoms with van der Waals surface area (Å²) < 4.78 is 0. The monoisotopic (exact) mass is 375 g/mol. The summed E-state index contributed by atoms with van der Waals surface area (Å²) in [6.07, 6.45) is 4.48. The van der Waals surface area contributed by atoms with E-state index in [0.717, 1.165) is 32.1 Å². The maximum Gasteiger partial charge on any atom is 0.243 e. The number of hydrogen-bond donors (Lipinski definition) is 2. The average molecular weight is 376 g/mol. The molecule has 150 valence electrons. The predicted octanol–water partition coefficient (Wildman–Crippen LogP) is 3.20. The molecule has 0 saturated heterocycles. The van der Waals surface area contributed by atoms with Crippen molar-refractivity contribution in [1.82, 2.24) is 10.2 Å². The summed E-state index contributed by atoms with van der Waals surface area (Å²) in [7, 11) is 0. The second kappa shape index (κ2) is 12.9. The molecule has 0 heterocycles. The van der Waals surface area contributed by atoms with Crippen molar-refractivity contribution in [1.29, 1.82) is 0 Å². The topological polar surface area (TPSA) is 78.5 Å². The molecule has 6 nitrogen and oxygen atoms in total. The number of rotatable bonds is 12. The Morgan fingerprint density at radius 1 is 1.00 bits per heavy atom. The van der Waals surface area contributed by atoms with Crippen molar-refractivity contribution in [3.63, 3.8) is 0 Å². The standard InChI is InChI=1S/C21H33N3O3/c1-4-7-11-17(6-3)21(27)24(14-5-2)16-20(26)22-15-19(25)23-18-12-9-8-10-13-18/h8-10,12-13,17H,4-7,11,14-16H2,1-3H3,(H,22,26)(H,23,25)/t17-/m0/s1. The van der Waals surface area contributed by atoms with Gasteiger partial charge in [0.1, 0.15) is 0 Å². The molecule has 0 radical (unpaired) electrons. The fourth-order valence-electron chi connectivity index (χ4n) is 2.88. The summed E-state index contributed by atoms with van der Waals surface area (Å²) in [5, 5.41) is 5.32. The summed E-state index contributed by atoms with van der Waals surface area (Å²) in [6.45, 7) is 6.53. The molecule has 0 spiro atoms. The van der Waals surface area contributed by atoms with Crippen molar-refractivity contribution >= 4 is 23.4 Å². The van der Waals surface area contributed by atoms with Gasteiger partial charge in [-0.05, 0) is 31.4 Å². The van der Waals surface area contributed by atoms with Crippen LogP contribution in [0.1, 0.15) is 52.9 Å². The number of unbranched alkanes of at least 4 members (excludes halogenated alkanes) is 1. The van der Waals surface area contributed by atoms with Crippen molar-refractivity contribution < 1.29 is 14.4 Å². The van der Waals surface area contributed by atoms with Gasteiger partial charge >= 0.3 is 0 Å². The second-order valence-corrected chi connectivity index (χ2v) is 6.70. The number of amides is 3. The van der Waals surface area contributed by atoms with E-state index in [9.17, 15) is 14.4 Å². The number of carbonyl (C=O) groups is 3. The Morgan fingerprint density at radius 2 is 1.70 bits per heavy atom. The first-order valence-corrected chi connectivity index (χ1v) is 9.92. The molecule has 0 aliphatic heterocycles. The number of benzene rings is 1. The molecule has 27 heavy (non-hydrogen) atoms. The van der Waals surface area contributed by atoms with Crippen LogP contribution in [0.25, 0.3) is 0 Å². The van der Waals surface area contributed by atoms with E-state index in [1.165, 1.54) is 0 Å². The van der Waals surface area contributed by atoms with Crippen molar-refractivity contribution in [3.05, 3.63) is 30.3 Å². The van der Waals surface area contributed by atoms with E-state index in [1.54, 1.807) is 17.0 Å². The maximum absolute atomic E-state index is 12.8. The average Bonchev–Trinajstić information content (AvgIpc) is 2.67. The van der Waals surface area contributed by atoms with E-state index < -0.39 is 0 Å². The molecule has 0 fully saturated rings. The number of para-hydroxylation sites is 1. The summed E-state index contributed by atoms with van der Waals surface area (Å²) in [4.78, 5) is 38.5. The van der Waals surface area contributed by atoms with E-state index in [-0.39, 0.29) is 36.7 Å². The highest BCUT2D eigenvalue weighted by molar-refractivity contribution is 5.95. The smallest absolute Gasteiger partial charge is 0.243 e. The first-order chi connectivity index (χ1) is 13.0. The lowest BCUT2D eigenvalue weighted by atomic mass is 9.97. The van der Waals surface area contributed by atoms with Gasteiger partial charge in [0.05, 0.1) is 13.1 Å². The predicted molar refractivity (Wildman–Crippen MR) is 108 cm³/mol. The minimum absolute atomic E-state index is 0.00604. The normalized spacial score (nSPS) is 11.5. The van der Waals surface area contributed by atoms with Gasteiger partial charge in [0.25, 0.3) is 0 Å². The van der Waals surface area contributed by atoms with Crippen LogP contribution < -0.4 is 10.6 Å². The Balaban J connectivity index is 2.51. The lowest BCUT2D eigenvalue weighted by Gasteiger charge is -2.26. The molecule has 0 aliphatic carbocycles. The maximum atomic E-state index is 12.8. The third kappa shape index (κ3) is 8.71. The van der Waals surface area contributed by atoms with Crippen molar-refractivity contribution in [2.75, 3.05) is 25.0 Å². The van der Waals surface area contributed by atoms with Gasteiger partial charge in [0.15, 0.2) is 0 Å². The second-order valence-electron chi connectivity index (χ2n) is 6.70. The van der Waals surface area contributed by atoms with Crippen LogP contribution in [0.5, 0.6) is 0 Å². The molecule has 3 amide bonds. The van der Waals surface area contributed by atoms with Crippen molar-refractivity contribution in [2.24, 2.45) is 5.92 Å². The minimum atomic E-state index is -0.314. The molecular weight excluding hydrogens is 342 g/mol. The lowest BCUT2D eigenvalue weighted by Crippen LogP contribution is -2.45. The van der Waals surface area contributed by atoms with Gasteiger partial charge in [-0.15, -0.1) is 0 Å². The van der Waals surface area contributed by atoms with Gasteiger partial charge < -0.3 is 15.5 Å². The Labute approximate surface area is 162 Å². The lowest BCUT2D eigenvalue weighted by molar-refractivity contribution is -0.140. The summed E-state index contributed by atoms with van der Waals surface area (Å²) in [6, 6.07) is 9.07. The molecule has 1 aromatic carbocycles. The summed E-state index contributed by atoms with van der Waals surface area (Å²) in [5.41, 5.74) is 0.682. The van der Waals surface area contributed by atoms with E-state index >= 15 is 0 Å². The fourth-order valence-corrected chi connectivity index (χ4v) is 2.88. The summed E-state index contributed by atoms with van der Waals surface area (Å²) >= 11 is 0. The molecule has 1 rings (SSSR count). The molecule has 0 aliphatic rings.